The number of carbonyl (C=O) groups excluding carboxylic acids is 2. The highest BCUT2D eigenvalue weighted by Crippen LogP contribution is 2.38. The first-order valence-corrected chi connectivity index (χ1v) is 11.3. The Labute approximate surface area is 181 Å². The molecule has 0 radical (unpaired) electrons. The molecule has 166 valence electrons. The van der Waals surface area contributed by atoms with Gasteiger partial charge in [-0.15, -0.1) is 0 Å². The van der Waals surface area contributed by atoms with Crippen molar-refractivity contribution in [3.05, 3.63) is 33.9 Å². The molecule has 0 aromatic heterocycles. The van der Waals surface area contributed by atoms with Crippen LogP contribution in [0.1, 0.15) is 31.2 Å². The van der Waals surface area contributed by atoms with Crippen LogP contribution in [0, 0.1) is 16.0 Å². The van der Waals surface area contributed by atoms with Crippen LogP contribution in [0.5, 0.6) is 0 Å². The van der Waals surface area contributed by atoms with Gasteiger partial charge in [-0.2, -0.15) is 0 Å². The third kappa shape index (κ3) is 4.11. The van der Waals surface area contributed by atoms with E-state index in [0.717, 1.165) is 56.6 Å². The van der Waals surface area contributed by atoms with E-state index < -0.39 is 0 Å². The number of likely N-dealkylation sites (tertiary alicyclic amines) is 1. The van der Waals surface area contributed by atoms with E-state index >= 15 is 0 Å². The van der Waals surface area contributed by atoms with Gasteiger partial charge in [0, 0.05) is 56.6 Å². The maximum Gasteiger partial charge on any atom is 0.269 e. The lowest BCUT2D eigenvalue weighted by Gasteiger charge is -2.49. The minimum Gasteiger partial charge on any atom is -0.365 e. The van der Waals surface area contributed by atoms with Crippen LogP contribution in [0.2, 0.25) is 0 Å². The summed E-state index contributed by atoms with van der Waals surface area (Å²) in [5, 5.41) is 14.4. The second-order valence-electron chi connectivity index (χ2n) is 9.25. The number of anilines is 1. The molecule has 2 atom stereocenters. The first-order chi connectivity index (χ1) is 15.0. The number of rotatable bonds is 5. The second-order valence-corrected chi connectivity index (χ2v) is 9.25. The summed E-state index contributed by atoms with van der Waals surface area (Å²) < 4.78 is 0. The quantitative estimate of drug-likeness (QED) is 0.559. The van der Waals surface area contributed by atoms with E-state index in [9.17, 15) is 19.7 Å². The summed E-state index contributed by atoms with van der Waals surface area (Å²) in [5.41, 5.74) is 1.91. The van der Waals surface area contributed by atoms with Crippen LogP contribution in [0.25, 0.3) is 0 Å². The molecule has 0 spiro atoms. The minimum absolute atomic E-state index is 0.0300. The highest BCUT2D eigenvalue weighted by Gasteiger charge is 2.43. The molecule has 2 amide bonds. The van der Waals surface area contributed by atoms with Crippen molar-refractivity contribution < 1.29 is 14.5 Å². The van der Waals surface area contributed by atoms with Gasteiger partial charge in [0.05, 0.1) is 23.4 Å². The Bertz CT molecular complexity index is 896. The van der Waals surface area contributed by atoms with Crippen molar-refractivity contribution in [1.29, 1.82) is 0 Å². The van der Waals surface area contributed by atoms with E-state index in [4.69, 9.17) is 0 Å². The fraction of sp³-hybridized carbons (Fsp3) is 0.636. The molecular formula is C22H29N5O4. The maximum atomic E-state index is 13.1. The summed E-state index contributed by atoms with van der Waals surface area (Å²) in [6.07, 6.45) is 4.68. The monoisotopic (exact) mass is 427 g/mol. The molecular weight excluding hydrogens is 398 g/mol. The number of piperazine rings is 1. The number of nitro benzene ring substituents is 1. The number of carbonyl (C=O) groups is 2. The number of hydrogen-bond acceptors (Lipinski definition) is 6. The van der Waals surface area contributed by atoms with E-state index in [1.165, 1.54) is 0 Å². The number of nitro groups is 1. The Morgan fingerprint density at radius 1 is 1.13 bits per heavy atom. The van der Waals surface area contributed by atoms with Crippen LogP contribution in [0.4, 0.5) is 11.4 Å². The number of benzene rings is 1. The predicted molar refractivity (Wildman–Crippen MR) is 115 cm³/mol. The van der Waals surface area contributed by atoms with Crippen LogP contribution in [0.3, 0.4) is 0 Å². The Kier molecular flexibility index (Phi) is 5.29. The van der Waals surface area contributed by atoms with Gasteiger partial charge < -0.3 is 15.1 Å². The van der Waals surface area contributed by atoms with Crippen molar-refractivity contribution in [3.63, 3.8) is 0 Å². The summed E-state index contributed by atoms with van der Waals surface area (Å²) >= 11 is 0. The van der Waals surface area contributed by atoms with Crippen molar-refractivity contribution in [1.82, 2.24) is 15.1 Å². The van der Waals surface area contributed by atoms with Crippen LogP contribution < -0.4 is 10.2 Å². The Balaban J connectivity index is 1.37. The number of hydrogen-bond donors (Lipinski definition) is 1. The van der Waals surface area contributed by atoms with Gasteiger partial charge in [-0.05, 0) is 43.7 Å². The van der Waals surface area contributed by atoms with Gasteiger partial charge in [-0.3, -0.25) is 24.6 Å². The summed E-state index contributed by atoms with van der Waals surface area (Å²) in [6, 6.07) is 5.22. The Hall–Kier alpha value is -2.68. The summed E-state index contributed by atoms with van der Waals surface area (Å²) in [4.78, 5) is 43.0. The van der Waals surface area contributed by atoms with Crippen molar-refractivity contribution in [2.45, 2.75) is 44.2 Å². The molecule has 1 aliphatic carbocycles. The first-order valence-electron chi connectivity index (χ1n) is 11.3. The smallest absolute Gasteiger partial charge is 0.269 e. The molecule has 3 heterocycles. The second kappa shape index (κ2) is 8.11. The third-order valence-corrected chi connectivity index (χ3v) is 7.07. The Morgan fingerprint density at radius 2 is 1.90 bits per heavy atom. The van der Waals surface area contributed by atoms with E-state index in [1.54, 1.807) is 12.1 Å². The molecule has 3 aliphatic heterocycles. The molecule has 1 aromatic carbocycles. The van der Waals surface area contributed by atoms with Gasteiger partial charge in [0.15, 0.2) is 0 Å². The topological polar surface area (TPSA) is 99.0 Å². The van der Waals surface area contributed by atoms with Crippen molar-refractivity contribution >= 4 is 23.2 Å². The molecule has 31 heavy (non-hydrogen) atoms. The van der Waals surface area contributed by atoms with Gasteiger partial charge in [0.25, 0.3) is 5.69 Å². The average molecular weight is 428 g/mol. The third-order valence-electron chi connectivity index (χ3n) is 7.07. The standard InChI is InChI=1S/C22H29N5O4/c28-21(25-7-1-2-8-25)14-24-9-10-26-19-6-5-17(27(30)31)11-15(19)12-18(20(26)13-24)22(29)23-16-3-4-16/h5-6,11,16,18,20H,1-4,7-10,12-14H2,(H,23,29)/t18-,20+/m1/s1. The van der Waals surface area contributed by atoms with Crippen molar-refractivity contribution in [2.24, 2.45) is 5.92 Å². The molecule has 4 aliphatic rings. The molecule has 3 fully saturated rings. The van der Waals surface area contributed by atoms with E-state index in [1.807, 2.05) is 11.0 Å². The normalized spacial score (nSPS) is 25.7. The zero-order chi connectivity index (χ0) is 21.5. The van der Waals surface area contributed by atoms with Crippen LogP contribution in [-0.2, 0) is 16.0 Å². The Morgan fingerprint density at radius 3 is 2.61 bits per heavy atom. The zero-order valence-electron chi connectivity index (χ0n) is 17.7. The molecule has 9 heteroatoms. The van der Waals surface area contributed by atoms with Gasteiger partial charge in [-0.25, -0.2) is 0 Å². The largest absolute Gasteiger partial charge is 0.365 e. The van der Waals surface area contributed by atoms with Crippen LogP contribution in [-0.4, -0.2) is 77.9 Å². The van der Waals surface area contributed by atoms with E-state index in [-0.39, 0.29) is 40.4 Å². The number of nitrogens with one attached hydrogen (secondary N) is 1. The summed E-state index contributed by atoms with van der Waals surface area (Å²) in [7, 11) is 0. The van der Waals surface area contributed by atoms with Crippen molar-refractivity contribution in [3.8, 4) is 0 Å². The average Bonchev–Trinajstić information content (AvgIpc) is 3.39. The first kappa shape index (κ1) is 20.2. The van der Waals surface area contributed by atoms with Crippen LogP contribution in [0.15, 0.2) is 18.2 Å². The molecule has 5 rings (SSSR count). The summed E-state index contributed by atoms with van der Waals surface area (Å²) in [5.74, 6) is -0.0704. The maximum absolute atomic E-state index is 13.1. The fourth-order valence-corrected chi connectivity index (χ4v) is 5.22. The molecule has 1 N–H and O–H groups in total. The lowest BCUT2D eigenvalue weighted by atomic mass is 9.83. The van der Waals surface area contributed by atoms with Crippen molar-refractivity contribution in [2.75, 3.05) is 44.2 Å². The van der Waals surface area contributed by atoms with Gasteiger partial charge in [0.1, 0.15) is 0 Å². The highest BCUT2D eigenvalue weighted by atomic mass is 16.6. The predicted octanol–water partition coefficient (Wildman–Crippen LogP) is 1.16. The summed E-state index contributed by atoms with van der Waals surface area (Å²) in [6.45, 7) is 4.19. The lowest BCUT2D eigenvalue weighted by molar-refractivity contribution is -0.384. The zero-order valence-corrected chi connectivity index (χ0v) is 17.7. The number of nitrogens with zero attached hydrogens (tertiary/aromatic N) is 4. The molecule has 2 saturated heterocycles. The molecule has 1 saturated carbocycles. The number of fused-ring (bicyclic) bond motifs is 3. The molecule has 1 aromatic rings. The highest BCUT2D eigenvalue weighted by molar-refractivity contribution is 5.83. The fourth-order valence-electron chi connectivity index (χ4n) is 5.22. The SMILES string of the molecule is O=C(NC1CC1)[C@@H]1Cc2cc([N+](=O)[O-])ccc2N2CCN(CC(=O)N3CCCC3)C[C@@H]12. The van der Waals surface area contributed by atoms with E-state index in [0.29, 0.717) is 26.1 Å². The molecule has 9 nitrogen and oxygen atoms in total. The van der Waals surface area contributed by atoms with E-state index in [2.05, 4.69) is 15.1 Å². The lowest BCUT2D eigenvalue weighted by Crippen LogP contribution is -2.62. The minimum atomic E-state index is -0.381. The van der Waals surface area contributed by atoms with Gasteiger partial charge in [-0.1, -0.05) is 0 Å². The van der Waals surface area contributed by atoms with Gasteiger partial charge in [0.2, 0.25) is 11.8 Å². The molecule has 0 bridgehead atoms. The number of amides is 2. The van der Waals surface area contributed by atoms with Gasteiger partial charge >= 0.3 is 0 Å². The number of non-ortho nitro benzene ring substituents is 1. The van der Waals surface area contributed by atoms with Crippen LogP contribution >= 0.6 is 0 Å². The molecule has 0 unspecified atom stereocenters.